The van der Waals surface area contributed by atoms with Gasteiger partial charge >= 0.3 is 0 Å². The first-order valence-electron chi connectivity index (χ1n) is 10.8. The van der Waals surface area contributed by atoms with Crippen LogP contribution in [0.1, 0.15) is 5.56 Å². The van der Waals surface area contributed by atoms with Gasteiger partial charge in [0.05, 0.1) is 19.4 Å². The van der Waals surface area contributed by atoms with Crippen molar-refractivity contribution in [1.82, 2.24) is 29.7 Å². The molecule has 4 aromatic heterocycles. The highest BCUT2D eigenvalue weighted by Crippen LogP contribution is 2.32. The number of furan rings is 1. The zero-order chi connectivity index (χ0) is 22.2. The Morgan fingerprint density at radius 1 is 1.00 bits per heavy atom. The number of aromatic nitrogens is 6. The molecule has 0 radical (unpaired) electrons. The number of rotatable bonds is 4. The first kappa shape index (κ1) is 19.6. The fraction of sp³-hybridized carbons (Fsp3) is 0.208. The molecule has 1 fully saturated rings. The summed E-state index contributed by atoms with van der Waals surface area (Å²) in [5.41, 5.74) is 5.32. The Bertz CT molecular complexity index is 1420. The highest BCUT2D eigenvalue weighted by molar-refractivity contribution is 5.88. The number of ether oxygens (including phenoxy) is 1. The van der Waals surface area contributed by atoms with E-state index in [4.69, 9.17) is 19.1 Å². The predicted octanol–water partition coefficient (Wildman–Crippen LogP) is 3.68. The molecule has 164 valence electrons. The van der Waals surface area contributed by atoms with Gasteiger partial charge in [-0.2, -0.15) is 10.1 Å². The van der Waals surface area contributed by atoms with Crippen LogP contribution in [0.25, 0.3) is 39.6 Å². The molecule has 33 heavy (non-hydrogen) atoms. The second kappa shape index (κ2) is 8.10. The van der Waals surface area contributed by atoms with Crippen LogP contribution in [-0.4, -0.2) is 56.0 Å². The first-order chi connectivity index (χ1) is 16.2. The molecule has 0 aliphatic carbocycles. The lowest BCUT2D eigenvalue weighted by atomic mass is 10.1. The smallest absolute Gasteiger partial charge is 0.253 e. The van der Waals surface area contributed by atoms with Gasteiger partial charge in [-0.05, 0) is 18.6 Å². The van der Waals surface area contributed by atoms with E-state index in [2.05, 4.69) is 45.1 Å². The van der Waals surface area contributed by atoms with E-state index in [1.807, 2.05) is 30.6 Å². The zero-order valence-corrected chi connectivity index (χ0v) is 18.0. The van der Waals surface area contributed by atoms with E-state index in [0.717, 1.165) is 30.0 Å². The SMILES string of the molecule is Cc1cccc(-c2cnn(-c3nc(N4CCOCC4)c4oc(-c5ccncn5)cc4n3)c2)c1. The summed E-state index contributed by atoms with van der Waals surface area (Å²) in [5.74, 6) is 1.83. The number of morpholine rings is 1. The molecular weight excluding hydrogens is 418 g/mol. The summed E-state index contributed by atoms with van der Waals surface area (Å²) in [4.78, 5) is 20.1. The minimum atomic E-state index is 0.484. The quantitative estimate of drug-likeness (QED) is 0.419. The van der Waals surface area contributed by atoms with E-state index in [-0.39, 0.29) is 0 Å². The molecule has 5 aromatic rings. The van der Waals surface area contributed by atoms with Gasteiger partial charge in [-0.3, -0.25) is 0 Å². The highest BCUT2D eigenvalue weighted by Gasteiger charge is 2.22. The van der Waals surface area contributed by atoms with Crippen LogP contribution in [0.2, 0.25) is 0 Å². The fourth-order valence-electron chi connectivity index (χ4n) is 3.96. The third kappa shape index (κ3) is 3.72. The van der Waals surface area contributed by atoms with Crippen molar-refractivity contribution >= 4 is 16.9 Å². The number of nitrogens with zero attached hydrogens (tertiary/aromatic N) is 7. The van der Waals surface area contributed by atoms with Gasteiger partial charge < -0.3 is 14.1 Å². The molecule has 0 spiro atoms. The average Bonchev–Trinajstić information content (AvgIpc) is 3.52. The predicted molar refractivity (Wildman–Crippen MR) is 123 cm³/mol. The Labute approximate surface area is 189 Å². The number of fused-ring (bicyclic) bond motifs is 1. The Morgan fingerprint density at radius 3 is 2.73 bits per heavy atom. The number of benzene rings is 1. The molecule has 1 aliphatic rings. The van der Waals surface area contributed by atoms with Crippen LogP contribution in [0.15, 0.2) is 65.7 Å². The minimum Gasteiger partial charge on any atom is -0.449 e. The van der Waals surface area contributed by atoms with E-state index >= 15 is 0 Å². The number of hydrogen-bond acceptors (Lipinski definition) is 8. The van der Waals surface area contributed by atoms with E-state index in [1.54, 1.807) is 10.9 Å². The zero-order valence-electron chi connectivity index (χ0n) is 18.0. The molecule has 9 heteroatoms. The third-order valence-corrected chi connectivity index (χ3v) is 5.63. The van der Waals surface area contributed by atoms with Crippen molar-refractivity contribution in [1.29, 1.82) is 0 Å². The van der Waals surface area contributed by atoms with Crippen LogP contribution in [0.3, 0.4) is 0 Å². The summed E-state index contributed by atoms with van der Waals surface area (Å²) in [6.45, 7) is 4.80. The van der Waals surface area contributed by atoms with E-state index in [9.17, 15) is 0 Å². The van der Waals surface area contributed by atoms with Gasteiger partial charge in [0, 0.05) is 37.1 Å². The fourth-order valence-corrected chi connectivity index (χ4v) is 3.96. The van der Waals surface area contributed by atoms with Crippen molar-refractivity contribution in [3.05, 3.63) is 66.9 Å². The minimum absolute atomic E-state index is 0.484. The van der Waals surface area contributed by atoms with E-state index in [1.165, 1.54) is 11.9 Å². The number of anilines is 1. The summed E-state index contributed by atoms with van der Waals surface area (Å²) in [6, 6.07) is 12.0. The van der Waals surface area contributed by atoms with Gasteiger partial charge in [-0.1, -0.05) is 29.8 Å². The molecular formula is C24H21N7O2. The normalized spacial score (nSPS) is 14.2. The van der Waals surface area contributed by atoms with Gasteiger partial charge in [0.1, 0.15) is 17.5 Å². The standard InChI is InChI=1S/C24H21N7O2/c1-16-3-2-4-17(11-16)18-13-27-31(14-18)24-28-20-12-21(19-5-6-25-15-26-19)33-22(20)23(29-24)30-7-9-32-10-8-30/h2-6,11-15H,7-10H2,1H3. The molecule has 0 atom stereocenters. The lowest BCUT2D eigenvalue weighted by molar-refractivity contribution is 0.122. The van der Waals surface area contributed by atoms with Gasteiger partial charge in [0.2, 0.25) is 0 Å². The number of aryl methyl sites for hydroxylation is 1. The molecule has 1 saturated heterocycles. The summed E-state index contributed by atoms with van der Waals surface area (Å²) < 4.78 is 13.4. The monoisotopic (exact) mass is 439 g/mol. The van der Waals surface area contributed by atoms with Crippen LogP contribution < -0.4 is 4.90 Å². The Hall–Kier alpha value is -4.11. The van der Waals surface area contributed by atoms with Gasteiger partial charge in [0.25, 0.3) is 5.95 Å². The lowest BCUT2D eigenvalue weighted by Crippen LogP contribution is -2.37. The molecule has 5 heterocycles. The van der Waals surface area contributed by atoms with Crippen molar-refractivity contribution in [3.63, 3.8) is 0 Å². The van der Waals surface area contributed by atoms with Crippen molar-refractivity contribution in [3.8, 4) is 28.5 Å². The maximum Gasteiger partial charge on any atom is 0.253 e. The van der Waals surface area contributed by atoms with E-state index in [0.29, 0.717) is 41.7 Å². The highest BCUT2D eigenvalue weighted by atomic mass is 16.5. The second-order valence-corrected chi connectivity index (χ2v) is 7.91. The van der Waals surface area contributed by atoms with Gasteiger partial charge in [-0.25, -0.2) is 19.6 Å². The van der Waals surface area contributed by atoms with Crippen molar-refractivity contribution in [2.75, 3.05) is 31.2 Å². The maximum absolute atomic E-state index is 6.19. The molecule has 1 aliphatic heterocycles. The largest absolute Gasteiger partial charge is 0.449 e. The Balaban J connectivity index is 1.47. The number of hydrogen-bond donors (Lipinski definition) is 0. The molecule has 0 saturated carbocycles. The lowest BCUT2D eigenvalue weighted by Gasteiger charge is -2.27. The van der Waals surface area contributed by atoms with Crippen LogP contribution in [0.5, 0.6) is 0 Å². The molecule has 0 bridgehead atoms. The summed E-state index contributed by atoms with van der Waals surface area (Å²) in [6.07, 6.45) is 6.97. The molecule has 6 rings (SSSR count). The van der Waals surface area contributed by atoms with Gasteiger partial charge in [-0.15, -0.1) is 0 Å². The van der Waals surface area contributed by atoms with Gasteiger partial charge in [0.15, 0.2) is 17.2 Å². The summed E-state index contributed by atoms with van der Waals surface area (Å²) in [5, 5.41) is 4.55. The van der Waals surface area contributed by atoms with Crippen LogP contribution >= 0.6 is 0 Å². The van der Waals surface area contributed by atoms with Crippen molar-refractivity contribution in [2.45, 2.75) is 6.92 Å². The molecule has 0 unspecified atom stereocenters. The van der Waals surface area contributed by atoms with Crippen molar-refractivity contribution in [2.24, 2.45) is 0 Å². The first-order valence-corrected chi connectivity index (χ1v) is 10.8. The third-order valence-electron chi connectivity index (χ3n) is 5.63. The van der Waals surface area contributed by atoms with Crippen molar-refractivity contribution < 1.29 is 9.15 Å². The topological polar surface area (TPSA) is 95.0 Å². The maximum atomic E-state index is 6.19. The second-order valence-electron chi connectivity index (χ2n) is 7.91. The molecule has 0 N–H and O–H groups in total. The van der Waals surface area contributed by atoms with Crippen LogP contribution in [-0.2, 0) is 4.74 Å². The van der Waals surface area contributed by atoms with Crippen LogP contribution in [0, 0.1) is 6.92 Å². The summed E-state index contributed by atoms with van der Waals surface area (Å²) >= 11 is 0. The Kier molecular flexibility index (Phi) is 4.80. The van der Waals surface area contributed by atoms with E-state index < -0.39 is 0 Å². The summed E-state index contributed by atoms with van der Waals surface area (Å²) in [7, 11) is 0. The van der Waals surface area contributed by atoms with Crippen LogP contribution in [0.4, 0.5) is 5.82 Å². The average molecular weight is 439 g/mol. The molecule has 0 amide bonds. The molecule has 9 nitrogen and oxygen atoms in total. The Morgan fingerprint density at radius 2 is 1.91 bits per heavy atom. The molecule has 1 aromatic carbocycles.